The molecule has 1 aliphatic rings. The Bertz CT molecular complexity index is 2010. The van der Waals surface area contributed by atoms with Gasteiger partial charge in [0, 0.05) is 31.4 Å². The van der Waals surface area contributed by atoms with Crippen LogP contribution in [0.2, 0.25) is 0 Å². The Labute approximate surface area is 265 Å². The molecule has 1 atom stereocenters. The van der Waals surface area contributed by atoms with Crippen LogP contribution in [0.4, 0.5) is 23.2 Å². The molecule has 0 bridgehead atoms. The van der Waals surface area contributed by atoms with E-state index >= 15 is 0 Å². The Morgan fingerprint density at radius 1 is 1.04 bits per heavy atom. The molecule has 46 heavy (non-hydrogen) atoms. The summed E-state index contributed by atoms with van der Waals surface area (Å²) >= 11 is 1.12. The summed E-state index contributed by atoms with van der Waals surface area (Å²) in [6, 6.07) is 11.5. The van der Waals surface area contributed by atoms with Crippen molar-refractivity contribution in [3.63, 3.8) is 0 Å². The lowest BCUT2D eigenvalue weighted by atomic mass is 9.95. The van der Waals surface area contributed by atoms with Gasteiger partial charge in [-0.05, 0) is 55.3 Å². The number of anilines is 1. The van der Waals surface area contributed by atoms with Crippen LogP contribution in [0.15, 0.2) is 69.6 Å². The highest BCUT2D eigenvalue weighted by Gasteiger charge is 2.33. The second kappa shape index (κ2) is 13.2. The number of rotatable bonds is 9. The number of methoxy groups -OCH3 is 1. The molecule has 2 heterocycles. The van der Waals surface area contributed by atoms with E-state index in [4.69, 9.17) is 14.2 Å². The van der Waals surface area contributed by atoms with Crippen molar-refractivity contribution in [3.05, 3.63) is 119 Å². The maximum atomic E-state index is 14.2. The van der Waals surface area contributed by atoms with Crippen LogP contribution >= 0.6 is 11.3 Å². The van der Waals surface area contributed by atoms with Crippen LogP contribution in [0.25, 0.3) is 6.08 Å². The second-order valence-electron chi connectivity index (χ2n) is 10.4. The number of esters is 1. The minimum atomic E-state index is -1.67. The first-order valence-electron chi connectivity index (χ1n) is 14.0. The van der Waals surface area contributed by atoms with Crippen molar-refractivity contribution < 1.29 is 36.6 Å². The summed E-state index contributed by atoms with van der Waals surface area (Å²) in [4.78, 5) is 34.0. The number of hydrogen-bond donors (Lipinski definition) is 0. The molecule has 0 radical (unpaired) electrons. The van der Waals surface area contributed by atoms with Gasteiger partial charge in [0.25, 0.3) is 5.56 Å². The number of aromatic nitrogens is 1. The molecule has 0 spiro atoms. The Kier molecular flexibility index (Phi) is 9.33. The molecule has 0 N–H and O–H groups in total. The van der Waals surface area contributed by atoms with Gasteiger partial charge in [0.05, 0.1) is 35.6 Å². The van der Waals surface area contributed by atoms with Crippen LogP contribution in [0.5, 0.6) is 11.5 Å². The van der Waals surface area contributed by atoms with E-state index < -0.39 is 53.2 Å². The van der Waals surface area contributed by atoms with Crippen LogP contribution in [0, 0.1) is 23.3 Å². The first-order chi connectivity index (χ1) is 21.9. The number of thiazole rings is 1. The van der Waals surface area contributed by atoms with Crippen molar-refractivity contribution in [2.75, 3.05) is 32.7 Å². The molecule has 0 saturated carbocycles. The molecule has 0 saturated heterocycles. The highest BCUT2D eigenvalue weighted by atomic mass is 32.1. The van der Waals surface area contributed by atoms with E-state index in [0.717, 1.165) is 17.0 Å². The van der Waals surface area contributed by atoms with Gasteiger partial charge in [-0.15, -0.1) is 0 Å². The number of hydrogen-bond acceptors (Lipinski definition) is 8. The fourth-order valence-electron chi connectivity index (χ4n) is 5.04. The predicted molar refractivity (Wildman–Crippen MR) is 165 cm³/mol. The molecule has 8 nitrogen and oxygen atoms in total. The third kappa shape index (κ3) is 6.14. The third-order valence-electron chi connectivity index (χ3n) is 7.29. The van der Waals surface area contributed by atoms with Crippen LogP contribution in [0.3, 0.4) is 0 Å². The fourth-order valence-corrected chi connectivity index (χ4v) is 6.09. The normalized spacial score (nSPS) is 14.5. The monoisotopic (exact) mass is 655 g/mol. The summed E-state index contributed by atoms with van der Waals surface area (Å²) in [5.41, 5.74) is 2.65. The lowest BCUT2D eigenvalue weighted by molar-refractivity contribution is -0.139. The lowest BCUT2D eigenvalue weighted by Crippen LogP contribution is -2.39. The quantitative estimate of drug-likeness (QED) is 0.143. The van der Waals surface area contributed by atoms with Crippen molar-refractivity contribution in [1.29, 1.82) is 0 Å². The van der Waals surface area contributed by atoms with Gasteiger partial charge in [-0.1, -0.05) is 29.5 Å². The van der Waals surface area contributed by atoms with Crippen molar-refractivity contribution in [2.24, 2.45) is 4.99 Å². The zero-order chi connectivity index (χ0) is 33.3. The minimum absolute atomic E-state index is 0.0925. The molecular formula is C33H29F4N3O5S. The molecular weight excluding hydrogens is 626 g/mol. The first-order valence-corrected chi connectivity index (χ1v) is 14.9. The van der Waals surface area contributed by atoms with Gasteiger partial charge in [-0.3, -0.25) is 9.36 Å². The van der Waals surface area contributed by atoms with Crippen molar-refractivity contribution >= 4 is 29.1 Å². The molecule has 0 amide bonds. The third-order valence-corrected chi connectivity index (χ3v) is 8.27. The number of halogens is 4. The number of carbonyl (C=O) groups excluding carboxylic acids is 1. The number of ether oxygens (including phenoxy) is 3. The zero-order valence-electron chi connectivity index (χ0n) is 25.5. The molecule has 1 aromatic heterocycles. The van der Waals surface area contributed by atoms with Gasteiger partial charge >= 0.3 is 5.97 Å². The SMILES string of the molecule is CCOC(=O)C1=C(C)N=c2s/c(=C/c3ccc(OC)c(COc4c(F)c(F)cc(F)c4F)c3)c(=O)n2C1c1ccc(N(C)C)cc1. The molecule has 0 aliphatic carbocycles. The van der Waals surface area contributed by atoms with E-state index in [9.17, 15) is 27.2 Å². The van der Waals surface area contributed by atoms with E-state index in [1.54, 1.807) is 38.1 Å². The van der Waals surface area contributed by atoms with Gasteiger partial charge in [0.2, 0.25) is 11.6 Å². The lowest BCUT2D eigenvalue weighted by Gasteiger charge is -2.25. The van der Waals surface area contributed by atoms with E-state index in [-0.39, 0.29) is 34.1 Å². The van der Waals surface area contributed by atoms with Crippen molar-refractivity contribution in [3.8, 4) is 11.5 Å². The number of fused-ring (bicyclic) bond motifs is 1. The number of nitrogens with zero attached hydrogens (tertiary/aromatic N) is 3. The van der Waals surface area contributed by atoms with Crippen LogP contribution in [-0.4, -0.2) is 38.3 Å². The minimum Gasteiger partial charge on any atom is -0.496 e. The number of benzene rings is 3. The van der Waals surface area contributed by atoms with Crippen molar-refractivity contribution in [1.82, 2.24) is 4.57 Å². The maximum Gasteiger partial charge on any atom is 0.338 e. The Morgan fingerprint density at radius 3 is 2.33 bits per heavy atom. The molecule has 5 rings (SSSR count). The van der Waals surface area contributed by atoms with Gasteiger partial charge in [-0.25, -0.2) is 18.6 Å². The molecule has 0 fully saturated rings. The molecule has 1 aliphatic heterocycles. The van der Waals surface area contributed by atoms with Crippen LogP contribution in [-0.2, 0) is 16.1 Å². The number of allylic oxidation sites excluding steroid dienone is 1. The van der Waals surface area contributed by atoms with E-state index in [1.165, 1.54) is 11.7 Å². The maximum absolute atomic E-state index is 14.2. The Hall–Kier alpha value is -4.91. The summed E-state index contributed by atoms with van der Waals surface area (Å²) in [7, 11) is 5.18. The van der Waals surface area contributed by atoms with E-state index in [2.05, 4.69) is 4.99 Å². The highest BCUT2D eigenvalue weighted by molar-refractivity contribution is 7.07. The summed E-state index contributed by atoms with van der Waals surface area (Å²) in [5, 5.41) is 0. The number of carbonyl (C=O) groups is 1. The molecule has 1 unspecified atom stereocenters. The van der Waals surface area contributed by atoms with Gasteiger partial charge in [0.1, 0.15) is 12.4 Å². The van der Waals surface area contributed by atoms with Crippen LogP contribution < -0.4 is 29.3 Å². The molecule has 240 valence electrons. The second-order valence-corrected chi connectivity index (χ2v) is 11.5. The van der Waals surface area contributed by atoms with Gasteiger partial charge in [0.15, 0.2) is 22.2 Å². The van der Waals surface area contributed by atoms with E-state index in [0.29, 0.717) is 21.6 Å². The van der Waals surface area contributed by atoms with Gasteiger partial charge in [-0.2, -0.15) is 8.78 Å². The summed E-state index contributed by atoms with van der Waals surface area (Å²) < 4.78 is 73.3. The van der Waals surface area contributed by atoms with Crippen LogP contribution in [0.1, 0.15) is 36.6 Å². The predicted octanol–water partition coefficient (Wildman–Crippen LogP) is 5.01. The Morgan fingerprint density at radius 2 is 1.72 bits per heavy atom. The molecule has 4 aromatic rings. The zero-order valence-corrected chi connectivity index (χ0v) is 26.3. The summed E-state index contributed by atoms with van der Waals surface area (Å²) in [5.74, 6) is -8.05. The summed E-state index contributed by atoms with van der Waals surface area (Å²) in [6.07, 6.45) is 1.59. The molecule has 13 heteroatoms. The largest absolute Gasteiger partial charge is 0.496 e. The fraction of sp³-hybridized carbons (Fsp3) is 0.242. The topological polar surface area (TPSA) is 82.4 Å². The average molecular weight is 656 g/mol. The van der Waals surface area contributed by atoms with Gasteiger partial charge < -0.3 is 19.1 Å². The smallest absolute Gasteiger partial charge is 0.338 e. The first kappa shape index (κ1) is 32.5. The molecule has 3 aromatic carbocycles. The average Bonchev–Trinajstić information content (AvgIpc) is 3.33. The highest BCUT2D eigenvalue weighted by Crippen LogP contribution is 2.32. The van der Waals surface area contributed by atoms with Crippen molar-refractivity contribution in [2.45, 2.75) is 26.5 Å². The Balaban J connectivity index is 1.58. The standard InChI is InChI=1S/C33H29F4N3O5S/c1-6-44-32(42)26-17(2)38-33-40(29(26)19-8-10-21(11-9-19)39(3)4)31(41)25(46-33)14-18-7-12-24(43-5)20(13-18)16-45-30-27(36)22(34)15-23(35)28(30)37/h7-15,29H,6,16H2,1-5H3/b25-14+. The summed E-state index contributed by atoms with van der Waals surface area (Å²) in [6.45, 7) is 3.02. The van der Waals surface area contributed by atoms with E-state index in [1.807, 2.05) is 43.3 Å².